The number of esters is 1. The number of nitrogens with one attached hydrogen (secondary N) is 1. The summed E-state index contributed by atoms with van der Waals surface area (Å²) in [6, 6.07) is 0. The van der Waals surface area contributed by atoms with E-state index in [-0.39, 0.29) is 25.0 Å². The Hall–Kier alpha value is -0.700. The molecular formula is C10H21N3O4S. The first kappa shape index (κ1) is 15.4. The van der Waals surface area contributed by atoms with Crippen LogP contribution in [0.1, 0.15) is 19.8 Å². The minimum Gasteiger partial charge on any atom is -0.466 e. The van der Waals surface area contributed by atoms with Crippen molar-refractivity contribution < 1.29 is 17.9 Å². The summed E-state index contributed by atoms with van der Waals surface area (Å²) in [6.07, 6.45) is 1.00. The molecule has 0 aromatic heterocycles. The molecule has 0 aliphatic carbocycles. The Bertz CT molecular complexity index is 363. The molecular weight excluding hydrogens is 258 g/mol. The molecule has 0 atom stereocenters. The Morgan fingerprint density at radius 1 is 1.44 bits per heavy atom. The van der Waals surface area contributed by atoms with Crippen molar-refractivity contribution in [1.29, 1.82) is 0 Å². The number of piperidine rings is 1. The molecule has 0 amide bonds. The summed E-state index contributed by atoms with van der Waals surface area (Å²) in [5, 5.41) is 0. The lowest BCUT2D eigenvalue weighted by molar-refractivity contribution is -0.149. The van der Waals surface area contributed by atoms with Gasteiger partial charge in [0.2, 0.25) is 0 Å². The Morgan fingerprint density at radius 3 is 2.56 bits per heavy atom. The molecule has 8 heteroatoms. The molecule has 7 nitrogen and oxygen atoms in total. The summed E-state index contributed by atoms with van der Waals surface area (Å²) >= 11 is 0. The van der Waals surface area contributed by atoms with E-state index in [1.807, 2.05) is 0 Å². The number of carbonyl (C=O) groups is 1. The Kier molecular flexibility index (Phi) is 6.00. The summed E-state index contributed by atoms with van der Waals surface area (Å²) in [7, 11) is -3.46. The molecule has 106 valence electrons. The van der Waals surface area contributed by atoms with Gasteiger partial charge in [0.05, 0.1) is 12.5 Å². The van der Waals surface area contributed by atoms with Crippen LogP contribution in [0, 0.1) is 5.92 Å². The van der Waals surface area contributed by atoms with Crippen LogP contribution in [0.5, 0.6) is 0 Å². The lowest BCUT2D eigenvalue weighted by Crippen LogP contribution is -2.47. The highest BCUT2D eigenvalue weighted by Crippen LogP contribution is 2.20. The van der Waals surface area contributed by atoms with Crippen molar-refractivity contribution in [2.24, 2.45) is 11.7 Å². The maximum absolute atomic E-state index is 11.8. The molecule has 0 spiro atoms. The van der Waals surface area contributed by atoms with E-state index in [4.69, 9.17) is 10.5 Å². The molecule has 1 heterocycles. The average molecular weight is 279 g/mol. The van der Waals surface area contributed by atoms with Gasteiger partial charge in [-0.2, -0.15) is 12.7 Å². The van der Waals surface area contributed by atoms with Gasteiger partial charge in [0.1, 0.15) is 0 Å². The van der Waals surface area contributed by atoms with Crippen LogP contribution < -0.4 is 10.5 Å². The highest BCUT2D eigenvalue weighted by molar-refractivity contribution is 7.87. The minimum atomic E-state index is -3.46. The van der Waals surface area contributed by atoms with E-state index in [9.17, 15) is 13.2 Å². The number of ether oxygens (including phenoxy) is 1. The summed E-state index contributed by atoms with van der Waals surface area (Å²) in [5.41, 5.74) is 5.25. The van der Waals surface area contributed by atoms with E-state index >= 15 is 0 Å². The summed E-state index contributed by atoms with van der Waals surface area (Å²) in [4.78, 5) is 11.5. The molecule has 18 heavy (non-hydrogen) atoms. The Labute approximate surface area is 108 Å². The van der Waals surface area contributed by atoms with Gasteiger partial charge >= 0.3 is 5.97 Å². The molecule has 1 saturated heterocycles. The van der Waals surface area contributed by atoms with Crippen LogP contribution in [0.4, 0.5) is 0 Å². The van der Waals surface area contributed by atoms with Gasteiger partial charge < -0.3 is 10.5 Å². The second-order valence-electron chi connectivity index (χ2n) is 4.11. The van der Waals surface area contributed by atoms with Crippen molar-refractivity contribution in [3.63, 3.8) is 0 Å². The molecule has 1 aliphatic rings. The highest BCUT2D eigenvalue weighted by atomic mass is 32.2. The van der Waals surface area contributed by atoms with E-state index in [0.29, 0.717) is 32.5 Å². The molecule has 0 saturated carbocycles. The van der Waals surface area contributed by atoms with Gasteiger partial charge in [-0.05, 0) is 19.8 Å². The molecule has 1 aliphatic heterocycles. The van der Waals surface area contributed by atoms with E-state index in [1.54, 1.807) is 6.92 Å². The van der Waals surface area contributed by atoms with Crippen LogP contribution in [0.2, 0.25) is 0 Å². The molecule has 1 rings (SSSR count). The zero-order valence-corrected chi connectivity index (χ0v) is 11.4. The van der Waals surface area contributed by atoms with Gasteiger partial charge in [0, 0.05) is 26.2 Å². The Morgan fingerprint density at radius 2 is 2.06 bits per heavy atom. The molecule has 0 unspecified atom stereocenters. The largest absolute Gasteiger partial charge is 0.466 e. The second-order valence-corrected chi connectivity index (χ2v) is 5.87. The number of hydrogen-bond donors (Lipinski definition) is 2. The van der Waals surface area contributed by atoms with Crippen LogP contribution in [0.15, 0.2) is 0 Å². The fraction of sp³-hybridized carbons (Fsp3) is 0.900. The zero-order chi connectivity index (χ0) is 13.6. The number of carbonyl (C=O) groups excluding carboxylic acids is 1. The topological polar surface area (TPSA) is 102 Å². The lowest BCUT2D eigenvalue weighted by Gasteiger charge is -2.29. The second kappa shape index (κ2) is 7.03. The van der Waals surface area contributed by atoms with Crippen molar-refractivity contribution in [1.82, 2.24) is 9.03 Å². The first-order valence-corrected chi connectivity index (χ1v) is 7.56. The van der Waals surface area contributed by atoms with Crippen molar-refractivity contribution in [2.75, 3.05) is 32.8 Å². The predicted molar refractivity (Wildman–Crippen MR) is 66.9 cm³/mol. The van der Waals surface area contributed by atoms with Gasteiger partial charge in [-0.1, -0.05) is 0 Å². The lowest BCUT2D eigenvalue weighted by atomic mass is 9.98. The quantitative estimate of drug-likeness (QED) is 0.611. The third-order valence-corrected chi connectivity index (χ3v) is 4.46. The summed E-state index contributed by atoms with van der Waals surface area (Å²) in [6.45, 7) is 3.27. The monoisotopic (exact) mass is 279 g/mol. The Balaban J connectivity index is 2.46. The average Bonchev–Trinajstić information content (AvgIpc) is 2.37. The van der Waals surface area contributed by atoms with E-state index in [0.717, 1.165) is 0 Å². The van der Waals surface area contributed by atoms with Gasteiger partial charge in [0.25, 0.3) is 10.2 Å². The standard InChI is InChI=1S/C10H21N3O4S/c1-2-17-10(14)9-3-7-13(8-4-9)18(15,16)12-6-5-11/h9,12H,2-8,11H2,1H3. The number of nitrogens with zero attached hydrogens (tertiary/aromatic N) is 1. The zero-order valence-electron chi connectivity index (χ0n) is 10.6. The predicted octanol–water partition coefficient (Wildman–Crippen LogP) is -0.945. The van der Waals surface area contributed by atoms with Crippen molar-refractivity contribution >= 4 is 16.2 Å². The molecule has 1 fully saturated rings. The summed E-state index contributed by atoms with van der Waals surface area (Å²) in [5.74, 6) is -0.421. The van der Waals surface area contributed by atoms with Gasteiger partial charge in [0.15, 0.2) is 0 Å². The highest BCUT2D eigenvalue weighted by Gasteiger charge is 2.31. The van der Waals surface area contributed by atoms with Crippen LogP contribution in [0.3, 0.4) is 0 Å². The third kappa shape index (κ3) is 4.20. The van der Waals surface area contributed by atoms with E-state index in [2.05, 4.69) is 4.72 Å². The minimum absolute atomic E-state index is 0.189. The fourth-order valence-electron chi connectivity index (χ4n) is 1.87. The molecule has 0 bridgehead atoms. The maximum Gasteiger partial charge on any atom is 0.309 e. The van der Waals surface area contributed by atoms with Crippen molar-refractivity contribution in [3.05, 3.63) is 0 Å². The first-order chi connectivity index (χ1) is 8.51. The molecule has 3 N–H and O–H groups in total. The van der Waals surface area contributed by atoms with Crippen LogP contribution in [0.25, 0.3) is 0 Å². The number of rotatable bonds is 6. The molecule has 0 aromatic rings. The van der Waals surface area contributed by atoms with Gasteiger partial charge in [-0.3, -0.25) is 4.79 Å². The number of nitrogens with two attached hydrogens (primary N) is 1. The first-order valence-electron chi connectivity index (χ1n) is 6.12. The maximum atomic E-state index is 11.8. The van der Waals surface area contributed by atoms with Gasteiger partial charge in [-0.25, -0.2) is 4.72 Å². The van der Waals surface area contributed by atoms with Crippen LogP contribution >= 0.6 is 0 Å². The molecule has 0 aromatic carbocycles. The van der Waals surface area contributed by atoms with Gasteiger partial charge in [-0.15, -0.1) is 0 Å². The van der Waals surface area contributed by atoms with E-state index < -0.39 is 10.2 Å². The third-order valence-electron chi connectivity index (χ3n) is 2.84. The summed E-state index contributed by atoms with van der Waals surface area (Å²) < 4.78 is 32.3. The fourth-order valence-corrected chi connectivity index (χ4v) is 3.12. The van der Waals surface area contributed by atoms with E-state index in [1.165, 1.54) is 4.31 Å². The van der Waals surface area contributed by atoms with Crippen LogP contribution in [-0.2, 0) is 19.7 Å². The molecule has 0 radical (unpaired) electrons. The smallest absolute Gasteiger partial charge is 0.309 e. The SMILES string of the molecule is CCOC(=O)C1CCN(S(=O)(=O)NCCN)CC1. The normalized spacial score (nSPS) is 18.8. The van der Waals surface area contributed by atoms with Crippen molar-refractivity contribution in [2.45, 2.75) is 19.8 Å². The number of hydrogen-bond acceptors (Lipinski definition) is 5. The van der Waals surface area contributed by atoms with Crippen LogP contribution in [-0.4, -0.2) is 51.5 Å². The van der Waals surface area contributed by atoms with Crippen molar-refractivity contribution in [3.8, 4) is 0 Å².